The van der Waals surface area contributed by atoms with E-state index >= 15 is 0 Å². The number of aryl methyl sites for hydroxylation is 1. The van der Waals surface area contributed by atoms with Crippen LogP contribution in [-0.2, 0) is 0 Å². The molecule has 2 N–H and O–H groups in total. The van der Waals surface area contributed by atoms with Gasteiger partial charge in [0.1, 0.15) is 5.65 Å². The number of rotatable bonds is 4. The second kappa shape index (κ2) is 6.24. The van der Waals surface area contributed by atoms with E-state index in [1.165, 1.54) is 0 Å². The van der Waals surface area contributed by atoms with Crippen molar-refractivity contribution in [1.29, 1.82) is 0 Å². The van der Waals surface area contributed by atoms with Gasteiger partial charge in [0.25, 0.3) is 0 Å². The second-order valence-electron chi connectivity index (χ2n) is 5.87. The third-order valence-corrected chi connectivity index (χ3v) is 4.86. The van der Waals surface area contributed by atoms with E-state index in [9.17, 15) is 13.2 Å². The fourth-order valence-electron chi connectivity index (χ4n) is 2.75. The molecule has 3 aromatic heterocycles. The molecule has 134 valence electrons. The number of thiazole rings is 1. The molecule has 9 heteroatoms. The highest BCUT2D eigenvalue weighted by Gasteiger charge is 2.26. The number of hydrogen-bond donors (Lipinski definition) is 2. The van der Waals surface area contributed by atoms with Crippen LogP contribution in [0.4, 0.5) is 19.1 Å². The summed E-state index contributed by atoms with van der Waals surface area (Å²) in [5.74, 6) is 0.170. The van der Waals surface area contributed by atoms with Crippen molar-refractivity contribution in [3.63, 3.8) is 0 Å². The molecule has 0 aliphatic rings. The zero-order valence-corrected chi connectivity index (χ0v) is 14.5. The fourth-order valence-corrected chi connectivity index (χ4v) is 3.62. The second-order valence-corrected chi connectivity index (χ2v) is 7.10. The molecule has 0 fully saturated rings. The van der Waals surface area contributed by atoms with E-state index in [1.807, 2.05) is 25.3 Å². The molecule has 0 aliphatic heterocycles. The molecule has 4 rings (SSSR count). The van der Waals surface area contributed by atoms with Gasteiger partial charge >= 0.3 is 6.18 Å². The fraction of sp³-hybridized carbons (Fsp3) is 0.235. The molecule has 0 radical (unpaired) electrons. The van der Waals surface area contributed by atoms with Gasteiger partial charge in [-0.1, -0.05) is 6.07 Å². The van der Waals surface area contributed by atoms with Crippen LogP contribution in [0.3, 0.4) is 0 Å². The monoisotopic (exact) mass is 377 g/mol. The molecule has 0 unspecified atom stereocenters. The van der Waals surface area contributed by atoms with Crippen molar-refractivity contribution in [3.05, 3.63) is 35.6 Å². The van der Waals surface area contributed by atoms with Crippen molar-refractivity contribution in [2.24, 2.45) is 0 Å². The Balaban J connectivity index is 1.62. The van der Waals surface area contributed by atoms with Gasteiger partial charge < -0.3 is 10.3 Å². The van der Waals surface area contributed by atoms with Gasteiger partial charge in [-0.3, -0.25) is 0 Å². The van der Waals surface area contributed by atoms with Gasteiger partial charge in [0.05, 0.1) is 21.6 Å². The van der Waals surface area contributed by atoms with Crippen molar-refractivity contribution in [2.75, 3.05) is 11.9 Å². The maximum Gasteiger partial charge on any atom is 0.390 e. The Kier molecular flexibility index (Phi) is 4.03. The van der Waals surface area contributed by atoms with Crippen LogP contribution in [0.2, 0.25) is 0 Å². The van der Waals surface area contributed by atoms with Crippen LogP contribution >= 0.6 is 11.3 Å². The molecular weight excluding hydrogens is 363 g/mol. The topological polar surface area (TPSA) is 66.5 Å². The molecule has 0 bridgehead atoms. The lowest BCUT2D eigenvalue weighted by Crippen LogP contribution is -2.15. The molecule has 0 saturated heterocycles. The summed E-state index contributed by atoms with van der Waals surface area (Å²) in [6.07, 6.45) is -1.69. The van der Waals surface area contributed by atoms with E-state index in [1.54, 1.807) is 17.5 Å². The van der Waals surface area contributed by atoms with Gasteiger partial charge in [-0.05, 0) is 24.6 Å². The molecule has 0 amide bonds. The number of aromatic nitrogens is 4. The van der Waals surface area contributed by atoms with Gasteiger partial charge in [0, 0.05) is 29.9 Å². The number of nitrogens with zero attached hydrogens (tertiary/aromatic N) is 3. The van der Waals surface area contributed by atoms with Crippen LogP contribution in [0.5, 0.6) is 0 Å². The first-order valence-corrected chi connectivity index (χ1v) is 8.73. The summed E-state index contributed by atoms with van der Waals surface area (Å²) in [5, 5.41) is 4.42. The minimum Gasteiger partial charge on any atom is -0.354 e. The summed E-state index contributed by atoms with van der Waals surface area (Å²) in [6, 6.07) is 6.03. The summed E-state index contributed by atoms with van der Waals surface area (Å²) < 4.78 is 37.8. The van der Waals surface area contributed by atoms with Crippen molar-refractivity contribution in [1.82, 2.24) is 19.9 Å². The van der Waals surface area contributed by atoms with Gasteiger partial charge in [-0.15, -0.1) is 11.3 Å². The molecule has 1 aromatic carbocycles. The summed E-state index contributed by atoms with van der Waals surface area (Å²) in [7, 11) is 0. The molecule has 4 aromatic rings. The van der Waals surface area contributed by atoms with Crippen LogP contribution in [0, 0.1) is 6.92 Å². The predicted octanol–water partition coefficient (Wildman–Crippen LogP) is 4.91. The number of aromatic amines is 1. The SMILES string of the molecule is Cc1nc2ccc(-c3c[nH]c4nc(NCCC(F)(F)F)ncc34)cc2s1. The quantitative estimate of drug-likeness (QED) is 0.530. The molecule has 0 saturated carbocycles. The van der Waals surface area contributed by atoms with Gasteiger partial charge in [0.15, 0.2) is 0 Å². The van der Waals surface area contributed by atoms with Crippen LogP contribution < -0.4 is 5.32 Å². The van der Waals surface area contributed by atoms with E-state index in [-0.39, 0.29) is 12.5 Å². The number of fused-ring (bicyclic) bond motifs is 2. The standard InChI is InChI=1S/C17H14F3N5S/c1-9-24-13-3-2-10(6-14(13)26-9)11-7-22-15-12(11)8-23-16(25-15)21-5-4-17(18,19)20/h2-3,6-8H,4-5H2,1H3,(H2,21,22,23,25). The Hall–Kier alpha value is -2.68. The molecule has 0 atom stereocenters. The highest BCUT2D eigenvalue weighted by molar-refractivity contribution is 7.18. The first-order valence-electron chi connectivity index (χ1n) is 7.91. The predicted molar refractivity (Wildman–Crippen MR) is 96.4 cm³/mol. The van der Waals surface area contributed by atoms with E-state index < -0.39 is 12.6 Å². The Labute approximate surface area is 150 Å². The average Bonchev–Trinajstić information content (AvgIpc) is 3.14. The summed E-state index contributed by atoms with van der Waals surface area (Å²) >= 11 is 1.63. The number of alkyl halides is 3. The van der Waals surface area contributed by atoms with E-state index in [4.69, 9.17) is 0 Å². The minimum absolute atomic E-state index is 0.170. The maximum atomic E-state index is 12.2. The summed E-state index contributed by atoms with van der Waals surface area (Å²) in [6.45, 7) is 1.71. The maximum absolute atomic E-state index is 12.2. The van der Waals surface area contributed by atoms with E-state index in [0.717, 1.165) is 31.7 Å². The van der Waals surface area contributed by atoms with Crippen LogP contribution in [0.1, 0.15) is 11.4 Å². The molecule has 3 heterocycles. The molecule has 5 nitrogen and oxygen atoms in total. The van der Waals surface area contributed by atoms with Crippen LogP contribution in [-0.4, -0.2) is 32.7 Å². The van der Waals surface area contributed by atoms with E-state index in [2.05, 4.69) is 31.3 Å². The van der Waals surface area contributed by atoms with Crippen molar-refractivity contribution < 1.29 is 13.2 Å². The number of hydrogen-bond acceptors (Lipinski definition) is 5. The Morgan fingerprint density at radius 3 is 2.88 bits per heavy atom. The Bertz CT molecular complexity index is 1080. The van der Waals surface area contributed by atoms with Crippen molar-refractivity contribution in [2.45, 2.75) is 19.5 Å². The lowest BCUT2D eigenvalue weighted by molar-refractivity contribution is -0.131. The highest BCUT2D eigenvalue weighted by atomic mass is 32.1. The Morgan fingerprint density at radius 2 is 2.08 bits per heavy atom. The number of H-pyrrole nitrogens is 1. The average molecular weight is 377 g/mol. The first kappa shape index (κ1) is 16.8. The van der Waals surface area contributed by atoms with Gasteiger partial charge in [0.2, 0.25) is 5.95 Å². The first-order chi connectivity index (χ1) is 12.4. The highest BCUT2D eigenvalue weighted by Crippen LogP contribution is 2.32. The van der Waals surface area contributed by atoms with Crippen LogP contribution in [0.15, 0.2) is 30.6 Å². The largest absolute Gasteiger partial charge is 0.390 e. The van der Waals surface area contributed by atoms with E-state index in [0.29, 0.717) is 5.65 Å². The zero-order valence-electron chi connectivity index (χ0n) is 13.7. The van der Waals surface area contributed by atoms with Gasteiger partial charge in [-0.25, -0.2) is 9.97 Å². The third kappa shape index (κ3) is 3.34. The molecule has 0 spiro atoms. The number of halogens is 3. The molecular formula is C17H14F3N5S. The third-order valence-electron chi connectivity index (χ3n) is 3.93. The van der Waals surface area contributed by atoms with Gasteiger partial charge in [-0.2, -0.15) is 18.2 Å². The number of nitrogens with one attached hydrogen (secondary N) is 2. The number of benzene rings is 1. The molecule has 0 aliphatic carbocycles. The molecule has 26 heavy (non-hydrogen) atoms. The van der Waals surface area contributed by atoms with Crippen molar-refractivity contribution >= 4 is 38.5 Å². The van der Waals surface area contributed by atoms with Crippen molar-refractivity contribution in [3.8, 4) is 11.1 Å². The number of anilines is 1. The summed E-state index contributed by atoms with van der Waals surface area (Å²) in [4.78, 5) is 15.9. The minimum atomic E-state index is -4.20. The Morgan fingerprint density at radius 1 is 1.23 bits per heavy atom. The lowest BCUT2D eigenvalue weighted by atomic mass is 10.1. The summed E-state index contributed by atoms with van der Waals surface area (Å²) in [5.41, 5.74) is 3.48. The zero-order chi connectivity index (χ0) is 18.3. The lowest BCUT2D eigenvalue weighted by Gasteiger charge is -2.07. The normalized spacial score (nSPS) is 12.2. The van der Waals surface area contributed by atoms with Crippen LogP contribution in [0.25, 0.3) is 32.4 Å². The smallest absolute Gasteiger partial charge is 0.354 e.